The van der Waals surface area contributed by atoms with Gasteiger partial charge in [0.05, 0.1) is 12.0 Å². The molecule has 0 aromatic carbocycles. The summed E-state index contributed by atoms with van der Waals surface area (Å²) in [4.78, 5) is 1.31. The van der Waals surface area contributed by atoms with E-state index in [0.717, 1.165) is 17.1 Å². The van der Waals surface area contributed by atoms with Gasteiger partial charge in [0.15, 0.2) is 5.76 Å². The van der Waals surface area contributed by atoms with E-state index in [-0.39, 0.29) is 0 Å². The first-order valence-electron chi connectivity index (χ1n) is 3.63. The second-order valence-electron chi connectivity index (χ2n) is 2.59. The van der Waals surface area contributed by atoms with E-state index in [2.05, 4.69) is 5.10 Å². The second kappa shape index (κ2) is 2.41. The summed E-state index contributed by atoms with van der Waals surface area (Å²) in [6, 6.07) is 5.54. The van der Waals surface area contributed by atoms with E-state index in [1.807, 2.05) is 25.1 Å². The largest absolute Gasteiger partial charge is 0.463 e. The van der Waals surface area contributed by atoms with Gasteiger partial charge in [-0.3, -0.25) is 0 Å². The highest BCUT2D eigenvalue weighted by atomic mass is 16.3. The molecule has 0 aliphatic carbocycles. The van der Waals surface area contributed by atoms with Crippen LogP contribution in [-0.2, 0) is 0 Å². The Balaban J connectivity index is 2.54. The molecule has 0 aliphatic heterocycles. The molecule has 2 heterocycles. The molecule has 2 rings (SSSR count). The molecule has 12 heavy (non-hydrogen) atoms. The van der Waals surface area contributed by atoms with Crippen molar-refractivity contribution in [1.82, 2.24) is 9.89 Å². The van der Waals surface area contributed by atoms with Gasteiger partial charge in [-0.1, -0.05) is 0 Å². The van der Waals surface area contributed by atoms with Crippen LogP contribution in [0.5, 0.6) is 0 Å². The molecular weight excluding hydrogens is 154 g/mol. The van der Waals surface area contributed by atoms with E-state index >= 15 is 0 Å². The molecule has 2 aromatic heterocycles. The van der Waals surface area contributed by atoms with Crippen LogP contribution in [0, 0.1) is 6.92 Å². The van der Waals surface area contributed by atoms with Crippen LogP contribution in [0.4, 0.5) is 0 Å². The van der Waals surface area contributed by atoms with Crippen molar-refractivity contribution >= 4 is 0 Å². The summed E-state index contributed by atoms with van der Waals surface area (Å²) >= 11 is 0. The Kier molecular flexibility index (Phi) is 1.40. The number of nitrogen functional groups attached to an aromatic ring is 1. The normalized spacial score (nSPS) is 10.4. The second-order valence-corrected chi connectivity index (χ2v) is 2.59. The molecule has 2 aromatic rings. The molecule has 62 valence electrons. The Morgan fingerprint density at radius 3 is 2.92 bits per heavy atom. The number of hydrogen-bond acceptors (Lipinski definition) is 3. The summed E-state index contributed by atoms with van der Waals surface area (Å²) in [5, 5.41) is 4.00. The van der Waals surface area contributed by atoms with Crippen LogP contribution in [0.25, 0.3) is 11.5 Å². The third-order valence-corrected chi connectivity index (χ3v) is 1.63. The first-order valence-corrected chi connectivity index (χ1v) is 3.63. The van der Waals surface area contributed by atoms with E-state index in [4.69, 9.17) is 10.3 Å². The van der Waals surface area contributed by atoms with E-state index in [0.29, 0.717) is 0 Å². The zero-order valence-corrected chi connectivity index (χ0v) is 6.69. The van der Waals surface area contributed by atoms with Gasteiger partial charge >= 0.3 is 0 Å². The Morgan fingerprint density at radius 1 is 1.58 bits per heavy atom. The van der Waals surface area contributed by atoms with E-state index in [1.54, 1.807) is 6.26 Å². The molecule has 0 saturated heterocycles. The summed E-state index contributed by atoms with van der Waals surface area (Å²) in [6.45, 7) is 1.88. The highest BCUT2D eigenvalue weighted by Crippen LogP contribution is 2.18. The zero-order valence-electron chi connectivity index (χ0n) is 6.69. The Labute approximate surface area is 69.6 Å². The van der Waals surface area contributed by atoms with Crippen LogP contribution in [0.3, 0.4) is 0 Å². The van der Waals surface area contributed by atoms with Crippen molar-refractivity contribution in [3.05, 3.63) is 30.2 Å². The quantitative estimate of drug-likeness (QED) is 0.642. The molecular formula is C8H9N3O. The lowest BCUT2D eigenvalue weighted by atomic mass is 10.3. The molecule has 0 spiro atoms. The van der Waals surface area contributed by atoms with Gasteiger partial charge in [-0.25, -0.2) is 0 Å². The summed E-state index contributed by atoms with van der Waals surface area (Å²) in [5.41, 5.74) is 1.67. The Hall–Kier alpha value is -1.71. The predicted molar refractivity (Wildman–Crippen MR) is 44.8 cm³/mol. The Morgan fingerprint density at radius 2 is 2.42 bits per heavy atom. The van der Waals surface area contributed by atoms with Crippen LogP contribution in [0.15, 0.2) is 28.9 Å². The van der Waals surface area contributed by atoms with Gasteiger partial charge in [-0.2, -0.15) is 9.89 Å². The molecule has 4 heteroatoms. The molecule has 0 aliphatic rings. The number of nitrogens with two attached hydrogens (primary N) is 1. The number of aromatic nitrogens is 2. The van der Waals surface area contributed by atoms with Crippen molar-refractivity contribution < 1.29 is 4.42 Å². The fourth-order valence-corrected chi connectivity index (χ4v) is 1.13. The number of hydrogen-bond donors (Lipinski definition) is 1. The van der Waals surface area contributed by atoms with E-state index < -0.39 is 0 Å². The maximum atomic E-state index is 5.58. The van der Waals surface area contributed by atoms with Gasteiger partial charge in [-0.05, 0) is 25.1 Å². The van der Waals surface area contributed by atoms with Crippen molar-refractivity contribution in [2.24, 2.45) is 0 Å². The van der Waals surface area contributed by atoms with Crippen molar-refractivity contribution in [3.63, 3.8) is 0 Å². The highest BCUT2D eigenvalue weighted by molar-refractivity contribution is 5.52. The monoisotopic (exact) mass is 163 g/mol. The summed E-state index contributed by atoms with van der Waals surface area (Å²) in [6.07, 6.45) is 1.61. The standard InChI is InChI=1S/C8H9N3O/c1-6-5-7(11(9)10-6)8-3-2-4-12-8/h2-5H,9H2,1H3. The minimum Gasteiger partial charge on any atom is -0.463 e. The summed E-state index contributed by atoms with van der Waals surface area (Å²) in [5.74, 6) is 6.31. The SMILES string of the molecule is Cc1cc(-c2ccco2)n(N)n1. The smallest absolute Gasteiger partial charge is 0.154 e. The van der Waals surface area contributed by atoms with Gasteiger partial charge in [-0.15, -0.1) is 0 Å². The first-order chi connectivity index (χ1) is 5.77. The average molecular weight is 163 g/mol. The molecule has 2 N–H and O–H groups in total. The van der Waals surface area contributed by atoms with Crippen molar-refractivity contribution in [1.29, 1.82) is 0 Å². The lowest BCUT2D eigenvalue weighted by molar-refractivity contribution is 0.575. The topological polar surface area (TPSA) is 57.0 Å². The molecule has 0 bridgehead atoms. The number of furan rings is 1. The van der Waals surface area contributed by atoms with Crippen molar-refractivity contribution in [2.75, 3.05) is 5.84 Å². The van der Waals surface area contributed by atoms with Crippen LogP contribution in [0.2, 0.25) is 0 Å². The fraction of sp³-hybridized carbons (Fsp3) is 0.125. The average Bonchev–Trinajstić information content (AvgIpc) is 2.58. The van der Waals surface area contributed by atoms with Crippen molar-refractivity contribution in [3.8, 4) is 11.5 Å². The van der Waals surface area contributed by atoms with Crippen LogP contribution >= 0.6 is 0 Å². The van der Waals surface area contributed by atoms with Gasteiger partial charge < -0.3 is 10.3 Å². The van der Waals surface area contributed by atoms with Gasteiger partial charge in [0.1, 0.15) is 5.69 Å². The molecule has 4 nitrogen and oxygen atoms in total. The molecule has 0 amide bonds. The first kappa shape index (κ1) is 6.97. The molecule has 0 radical (unpaired) electrons. The molecule has 0 unspecified atom stereocenters. The van der Waals surface area contributed by atoms with Gasteiger partial charge in [0, 0.05) is 0 Å². The van der Waals surface area contributed by atoms with Gasteiger partial charge in [0.25, 0.3) is 0 Å². The molecule has 0 atom stereocenters. The maximum Gasteiger partial charge on any atom is 0.154 e. The number of rotatable bonds is 1. The minimum absolute atomic E-state index is 0.734. The number of aryl methyl sites for hydroxylation is 1. The van der Waals surface area contributed by atoms with E-state index in [1.165, 1.54) is 4.79 Å². The molecule has 0 saturated carbocycles. The fourth-order valence-electron chi connectivity index (χ4n) is 1.13. The predicted octanol–water partition coefficient (Wildman–Crippen LogP) is 1.17. The Bertz CT molecular complexity index is 375. The third-order valence-electron chi connectivity index (χ3n) is 1.63. The lowest BCUT2D eigenvalue weighted by Gasteiger charge is -1.94. The van der Waals surface area contributed by atoms with Crippen LogP contribution < -0.4 is 5.84 Å². The van der Waals surface area contributed by atoms with E-state index in [9.17, 15) is 0 Å². The summed E-state index contributed by atoms with van der Waals surface area (Å²) < 4.78 is 5.17. The third kappa shape index (κ3) is 0.972. The maximum absolute atomic E-state index is 5.58. The van der Waals surface area contributed by atoms with Crippen LogP contribution in [0.1, 0.15) is 5.69 Å². The van der Waals surface area contributed by atoms with Gasteiger partial charge in [0.2, 0.25) is 0 Å². The summed E-state index contributed by atoms with van der Waals surface area (Å²) in [7, 11) is 0. The van der Waals surface area contributed by atoms with Crippen LogP contribution in [-0.4, -0.2) is 9.89 Å². The van der Waals surface area contributed by atoms with Crippen molar-refractivity contribution in [2.45, 2.75) is 6.92 Å². The number of nitrogens with zero attached hydrogens (tertiary/aromatic N) is 2. The lowest BCUT2D eigenvalue weighted by Crippen LogP contribution is -2.11. The highest BCUT2D eigenvalue weighted by Gasteiger charge is 2.06. The molecule has 0 fully saturated rings. The minimum atomic E-state index is 0.734. The zero-order chi connectivity index (χ0) is 8.55.